The van der Waals surface area contributed by atoms with Crippen molar-refractivity contribution < 1.29 is 23.1 Å². The molecular formula is C30H35N3O5S. The van der Waals surface area contributed by atoms with Crippen molar-refractivity contribution >= 4 is 27.5 Å². The second kappa shape index (κ2) is 12.5. The largest absolute Gasteiger partial charge is 0.390 e. The number of sulfonamides is 1. The third-order valence-corrected chi connectivity index (χ3v) is 8.43. The molecule has 4 unspecified atom stereocenters. The van der Waals surface area contributed by atoms with Crippen LogP contribution in [0.3, 0.4) is 0 Å². The number of carbonyl (C=O) groups is 2. The van der Waals surface area contributed by atoms with Crippen molar-refractivity contribution in [2.45, 2.75) is 50.2 Å². The minimum absolute atomic E-state index is 0.0938. The quantitative estimate of drug-likeness (QED) is 0.291. The number of hydrogen-bond donors (Lipinski definition) is 4. The van der Waals surface area contributed by atoms with Crippen LogP contribution < -0.4 is 15.4 Å². The van der Waals surface area contributed by atoms with Crippen molar-refractivity contribution in [1.82, 2.24) is 10.0 Å². The summed E-state index contributed by atoms with van der Waals surface area (Å²) in [6.45, 7) is 3.45. The lowest BCUT2D eigenvalue weighted by atomic mass is 9.89. The average Bonchev–Trinajstić information content (AvgIpc) is 3.22. The smallest absolute Gasteiger partial charge is 0.240 e. The van der Waals surface area contributed by atoms with Crippen LogP contribution in [-0.4, -0.2) is 38.0 Å². The molecule has 1 aliphatic carbocycles. The Labute approximate surface area is 229 Å². The van der Waals surface area contributed by atoms with Gasteiger partial charge in [0, 0.05) is 31.5 Å². The van der Waals surface area contributed by atoms with Gasteiger partial charge >= 0.3 is 0 Å². The Morgan fingerprint density at radius 1 is 0.974 bits per heavy atom. The first-order valence-corrected chi connectivity index (χ1v) is 14.6. The number of aliphatic hydroxyl groups is 1. The summed E-state index contributed by atoms with van der Waals surface area (Å²) >= 11 is 0. The molecule has 3 aromatic rings. The number of hydrogen-bond acceptors (Lipinski definition) is 5. The van der Waals surface area contributed by atoms with E-state index in [1.165, 1.54) is 31.2 Å². The van der Waals surface area contributed by atoms with Crippen molar-refractivity contribution in [2.24, 2.45) is 11.8 Å². The second-order valence-electron chi connectivity index (χ2n) is 10.2. The van der Waals surface area contributed by atoms with Crippen molar-refractivity contribution in [3.63, 3.8) is 0 Å². The fourth-order valence-corrected chi connectivity index (χ4v) is 6.19. The third-order valence-electron chi connectivity index (χ3n) is 6.99. The summed E-state index contributed by atoms with van der Waals surface area (Å²) in [4.78, 5) is 24.8. The van der Waals surface area contributed by atoms with E-state index in [1.54, 1.807) is 0 Å². The molecule has 9 heteroatoms. The normalized spacial score (nSPS) is 18.1. The van der Waals surface area contributed by atoms with E-state index in [0.717, 1.165) is 16.7 Å². The molecule has 3 aromatic carbocycles. The van der Waals surface area contributed by atoms with Crippen LogP contribution in [0.15, 0.2) is 83.8 Å². The Hall–Kier alpha value is -3.53. The van der Waals surface area contributed by atoms with E-state index >= 15 is 0 Å². The van der Waals surface area contributed by atoms with E-state index < -0.39 is 28.1 Å². The fourth-order valence-electron chi connectivity index (χ4n) is 5.03. The number of fused-ring (bicyclic) bond motifs is 1. The standard InChI is InChI=1S/C30H35N3O5S/c1-20(19-31-39(37,38)26-14-12-25(13-15-26)32-21(2)34)16-24(17-22-8-4-3-5-9-22)30(36)33-29-27-11-7-6-10-23(27)18-28(29)35/h3-15,20,24,28-29,31,35H,16-19H2,1-2H3,(H,32,34)(H,33,36). The van der Waals surface area contributed by atoms with Gasteiger partial charge in [-0.3, -0.25) is 9.59 Å². The first-order chi connectivity index (χ1) is 18.6. The predicted molar refractivity (Wildman–Crippen MR) is 150 cm³/mol. The molecule has 4 rings (SSSR count). The maximum atomic E-state index is 13.5. The lowest BCUT2D eigenvalue weighted by Crippen LogP contribution is -2.40. The van der Waals surface area contributed by atoms with E-state index in [4.69, 9.17) is 0 Å². The van der Waals surface area contributed by atoms with Gasteiger partial charge in [0.25, 0.3) is 0 Å². The third kappa shape index (κ3) is 7.53. The molecule has 0 radical (unpaired) electrons. The lowest BCUT2D eigenvalue weighted by molar-refractivity contribution is -0.127. The SMILES string of the molecule is CC(=O)Nc1ccc(S(=O)(=O)NCC(C)CC(Cc2ccccc2)C(=O)NC2c3ccccc3CC2O)cc1. The maximum Gasteiger partial charge on any atom is 0.240 e. The summed E-state index contributed by atoms with van der Waals surface area (Å²) in [6, 6.07) is 22.9. The Balaban J connectivity index is 1.42. The van der Waals surface area contributed by atoms with Gasteiger partial charge in [-0.05, 0) is 59.7 Å². The second-order valence-corrected chi connectivity index (χ2v) is 12.0. The molecule has 0 aromatic heterocycles. The van der Waals surface area contributed by atoms with Crippen molar-refractivity contribution in [1.29, 1.82) is 0 Å². The summed E-state index contributed by atoms with van der Waals surface area (Å²) in [7, 11) is -3.77. The van der Waals surface area contributed by atoms with E-state index in [1.807, 2.05) is 61.5 Å². The predicted octanol–water partition coefficient (Wildman–Crippen LogP) is 3.58. The van der Waals surface area contributed by atoms with Crippen molar-refractivity contribution in [3.8, 4) is 0 Å². The molecule has 1 aliphatic rings. The Morgan fingerprint density at radius 2 is 1.64 bits per heavy atom. The summed E-state index contributed by atoms with van der Waals surface area (Å²) in [5, 5.41) is 16.3. The van der Waals surface area contributed by atoms with E-state index in [-0.39, 0.29) is 29.2 Å². The number of amides is 2. The van der Waals surface area contributed by atoms with Gasteiger partial charge in [-0.15, -0.1) is 0 Å². The zero-order valence-electron chi connectivity index (χ0n) is 22.1. The van der Waals surface area contributed by atoms with E-state index in [0.29, 0.717) is 24.9 Å². The monoisotopic (exact) mass is 549 g/mol. The minimum Gasteiger partial charge on any atom is -0.390 e. The molecule has 39 heavy (non-hydrogen) atoms. The highest BCUT2D eigenvalue weighted by molar-refractivity contribution is 7.89. The Bertz CT molecular complexity index is 1390. The molecule has 0 saturated heterocycles. The molecule has 0 bridgehead atoms. The van der Waals surface area contributed by atoms with E-state index in [2.05, 4.69) is 15.4 Å². The lowest BCUT2D eigenvalue weighted by Gasteiger charge is -2.25. The number of benzene rings is 3. The topological polar surface area (TPSA) is 125 Å². The van der Waals surface area contributed by atoms with Crippen LogP contribution in [0.4, 0.5) is 5.69 Å². The Kier molecular flexibility index (Phi) is 9.16. The molecule has 8 nitrogen and oxygen atoms in total. The maximum absolute atomic E-state index is 13.5. The van der Waals surface area contributed by atoms with Crippen LogP contribution in [0, 0.1) is 11.8 Å². The number of anilines is 1. The number of rotatable bonds is 11. The van der Waals surface area contributed by atoms with Gasteiger partial charge in [-0.2, -0.15) is 0 Å². The zero-order valence-corrected chi connectivity index (χ0v) is 22.9. The fraction of sp³-hybridized carbons (Fsp3) is 0.333. The van der Waals surface area contributed by atoms with Gasteiger partial charge < -0.3 is 15.7 Å². The molecule has 206 valence electrons. The molecule has 0 heterocycles. The van der Waals surface area contributed by atoms with Crippen LogP contribution in [-0.2, 0) is 32.5 Å². The molecule has 0 spiro atoms. The van der Waals surface area contributed by atoms with Crippen LogP contribution in [0.5, 0.6) is 0 Å². The summed E-state index contributed by atoms with van der Waals surface area (Å²) in [6.07, 6.45) is 0.757. The highest BCUT2D eigenvalue weighted by Gasteiger charge is 2.34. The summed E-state index contributed by atoms with van der Waals surface area (Å²) in [5.74, 6) is -0.955. The number of aliphatic hydroxyl groups excluding tert-OH is 1. The van der Waals surface area contributed by atoms with Gasteiger partial charge in [0.15, 0.2) is 0 Å². The summed E-state index contributed by atoms with van der Waals surface area (Å²) < 4.78 is 28.4. The molecule has 2 amide bonds. The van der Waals surface area contributed by atoms with Gasteiger partial charge in [-0.25, -0.2) is 13.1 Å². The Morgan fingerprint density at radius 3 is 2.33 bits per heavy atom. The first kappa shape index (κ1) is 28.5. The molecule has 0 aliphatic heterocycles. The van der Waals surface area contributed by atoms with Gasteiger partial charge in [0.05, 0.1) is 17.0 Å². The number of carbonyl (C=O) groups excluding carboxylic acids is 2. The molecular weight excluding hydrogens is 514 g/mol. The molecule has 4 N–H and O–H groups in total. The van der Waals surface area contributed by atoms with Gasteiger partial charge in [-0.1, -0.05) is 61.5 Å². The van der Waals surface area contributed by atoms with Crippen LogP contribution in [0.2, 0.25) is 0 Å². The molecule has 4 atom stereocenters. The highest BCUT2D eigenvalue weighted by Crippen LogP contribution is 2.32. The van der Waals surface area contributed by atoms with Gasteiger partial charge in [0.1, 0.15) is 0 Å². The minimum atomic E-state index is -3.77. The van der Waals surface area contributed by atoms with Gasteiger partial charge in [0.2, 0.25) is 21.8 Å². The van der Waals surface area contributed by atoms with Crippen LogP contribution >= 0.6 is 0 Å². The van der Waals surface area contributed by atoms with Crippen LogP contribution in [0.25, 0.3) is 0 Å². The zero-order chi connectivity index (χ0) is 28.0. The first-order valence-electron chi connectivity index (χ1n) is 13.1. The molecule has 0 fully saturated rings. The summed E-state index contributed by atoms with van der Waals surface area (Å²) in [5.41, 5.74) is 3.49. The highest BCUT2D eigenvalue weighted by atomic mass is 32.2. The molecule has 0 saturated carbocycles. The average molecular weight is 550 g/mol. The van der Waals surface area contributed by atoms with Crippen molar-refractivity contribution in [2.75, 3.05) is 11.9 Å². The number of nitrogens with one attached hydrogen (secondary N) is 3. The van der Waals surface area contributed by atoms with Crippen LogP contribution in [0.1, 0.15) is 43.0 Å². The van der Waals surface area contributed by atoms with E-state index in [9.17, 15) is 23.1 Å². The van der Waals surface area contributed by atoms with Crippen molar-refractivity contribution in [3.05, 3.63) is 95.6 Å².